The summed E-state index contributed by atoms with van der Waals surface area (Å²) in [5.74, 6) is 0.684. The number of allylic oxidation sites excluding steroid dienone is 1. The quantitative estimate of drug-likeness (QED) is 0.328. The van der Waals surface area contributed by atoms with Crippen LogP contribution in [0.4, 0.5) is 0 Å². The molecule has 1 aliphatic rings. The van der Waals surface area contributed by atoms with E-state index in [-0.39, 0.29) is 5.78 Å². The summed E-state index contributed by atoms with van der Waals surface area (Å²) >= 11 is 0. The third kappa shape index (κ3) is 6.28. The zero-order chi connectivity index (χ0) is 22.9. The van der Waals surface area contributed by atoms with Crippen LogP contribution in [-0.4, -0.2) is 24.0 Å². The van der Waals surface area contributed by atoms with Crippen LogP contribution in [0.5, 0.6) is 5.75 Å². The van der Waals surface area contributed by atoms with Crippen molar-refractivity contribution in [3.05, 3.63) is 113 Å². The molecule has 0 bridgehead atoms. The van der Waals surface area contributed by atoms with Gasteiger partial charge in [-0.3, -0.25) is 4.79 Å². The first-order valence-electron chi connectivity index (χ1n) is 11.3. The maximum Gasteiger partial charge on any atom is 0.181 e. The first kappa shape index (κ1) is 22.7. The number of fused-ring (bicyclic) bond motifs is 1. The van der Waals surface area contributed by atoms with E-state index in [1.165, 1.54) is 33.9 Å². The summed E-state index contributed by atoms with van der Waals surface area (Å²) < 4.78 is 6.13. The second-order valence-electron chi connectivity index (χ2n) is 8.12. The van der Waals surface area contributed by atoms with E-state index in [1.54, 1.807) is 6.08 Å². The lowest BCUT2D eigenvalue weighted by molar-refractivity contribution is -0.117. The van der Waals surface area contributed by atoms with E-state index in [4.69, 9.17) is 9.84 Å². The van der Waals surface area contributed by atoms with Crippen molar-refractivity contribution in [2.24, 2.45) is 0 Å². The number of benzene rings is 3. The summed E-state index contributed by atoms with van der Waals surface area (Å²) in [6.45, 7) is 1.81. The summed E-state index contributed by atoms with van der Waals surface area (Å²) in [4.78, 5) is 11.2. The SMILES string of the molecule is O=C(/C=C/c1ccc(CNCCC2=CCc3c(OCc4ccccc4)cccc32)cc1)CO. The molecule has 0 aromatic heterocycles. The lowest BCUT2D eigenvalue weighted by Gasteiger charge is -2.13. The molecule has 0 fully saturated rings. The summed E-state index contributed by atoms with van der Waals surface area (Å²) in [6.07, 6.45) is 7.33. The largest absolute Gasteiger partial charge is 0.489 e. The van der Waals surface area contributed by atoms with Gasteiger partial charge in [-0.2, -0.15) is 0 Å². The predicted molar refractivity (Wildman–Crippen MR) is 133 cm³/mol. The molecule has 0 saturated carbocycles. The number of aliphatic hydroxyl groups is 1. The summed E-state index contributed by atoms with van der Waals surface area (Å²) in [7, 11) is 0. The van der Waals surface area contributed by atoms with E-state index in [0.717, 1.165) is 37.2 Å². The molecule has 0 saturated heterocycles. The molecule has 0 spiro atoms. The number of rotatable bonds is 11. The Kier molecular flexibility index (Phi) is 7.85. The van der Waals surface area contributed by atoms with Crippen LogP contribution >= 0.6 is 0 Å². The fourth-order valence-electron chi connectivity index (χ4n) is 3.96. The Balaban J connectivity index is 1.25. The minimum Gasteiger partial charge on any atom is -0.489 e. The lowest BCUT2D eigenvalue weighted by Crippen LogP contribution is -2.14. The number of ketones is 1. The lowest BCUT2D eigenvalue weighted by atomic mass is 10.0. The van der Waals surface area contributed by atoms with Crippen LogP contribution < -0.4 is 10.1 Å². The van der Waals surface area contributed by atoms with Gasteiger partial charge in [-0.25, -0.2) is 0 Å². The van der Waals surface area contributed by atoms with Crippen LogP contribution in [0.15, 0.2) is 84.9 Å². The van der Waals surface area contributed by atoms with E-state index >= 15 is 0 Å². The van der Waals surface area contributed by atoms with Gasteiger partial charge in [0.1, 0.15) is 19.0 Å². The van der Waals surface area contributed by atoms with Gasteiger partial charge < -0.3 is 15.2 Å². The van der Waals surface area contributed by atoms with Crippen molar-refractivity contribution in [2.45, 2.75) is 26.0 Å². The summed E-state index contributed by atoms with van der Waals surface area (Å²) in [6, 6.07) is 24.7. The van der Waals surface area contributed by atoms with E-state index in [9.17, 15) is 4.79 Å². The Bertz CT molecular complexity index is 1130. The topological polar surface area (TPSA) is 58.6 Å². The fraction of sp³-hybridized carbons (Fsp3) is 0.207. The molecule has 3 aromatic carbocycles. The second-order valence-corrected chi connectivity index (χ2v) is 8.12. The van der Waals surface area contributed by atoms with Crippen molar-refractivity contribution in [3.8, 4) is 5.75 Å². The normalized spacial score (nSPS) is 12.6. The molecular formula is C29H29NO3. The van der Waals surface area contributed by atoms with Crippen molar-refractivity contribution in [1.29, 1.82) is 0 Å². The van der Waals surface area contributed by atoms with Crippen molar-refractivity contribution < 1.29 is 14.6 Å². The molecule has 1 aliphatic carbocycles. The molecule has 0 unspecified atom stereocenters. The van der Waals surface area contributed by atoms with E-state index < -0.39 is 6.61 Å². The van der Waals surface area contributed by atoms with Crippen molar-refractivity contribution >= 4 is 17.4 Å². The fourth-order valence-corrected chi connectivity index (χ4v) is 3.96. The van der Waals surface area contributed by atoms with Gasteiger partial charge >= 0.3 is 0 Å². The zero-order valence-corrected chi connectivity index (χ0v) is 18.7. The van der Waals surface area contributed by atoms with Gasteiger partial charge in [0.15, 0.2) is 5.78 Å². The van der Waals surface area contributed by atoms with Gasteiger partial charge in [0.05, 0.1) is 0 Å². The van der Waals surface area contributed by atoms with Gasteiger partial charge in [0.25, 0.3) is 0 Å². The Morgan fingerprint density at radius 3 is 2.58 bits per heavy atom. The van der Waals surface area contributed by atoms with Crippen LogP contribution in [0.25, 0.3) is 11.6 Å². The third-order valence-electron chi connectivity index (χ3n) is 5.77. The minimum atomic E-state index is -0.457. The van der Waals surface area contributed by atoms with Gasteiger partial charge in [0, 0.05) is 12.1 Å². The number of aliphatic hydroxyl groups excluding tert-OH is 1. The molecule has 0 atom stereocenters. The van der Waals surface area contributed by atoms with Crippen LogP contribution in [0.1, 0.15) is 34.2 Å². The van der Waals surface area contributed by atoms with Crippen LogP contribution in [-0.2, 0) is 24.4 Å². The number of ether oxygens (including phenoxy) is 1. The molecule has 0 amide bonds. The van der Waals surface area contributed by atoms with Gasteiger partial charge in [-0.15, -0.1) is 0 Å². The predicted octanol–water partition coefficient (Wildman–Crippen LogP) is 4.96. The van der Waals surface area contributed by atoms with Crippen LogP contribution in [0.2, 0.25) is 0 Å². The molecular weight excluding hydrogens is 410 g/mol. The Labute approximate surface area is 195 Å². The first-order chi connectivity index (χ1) is 16.2. The highest BCUT2D eigenvalue weighted by atomic mass is 16.5. The van der Waals surface area contributed by atoms with E-state index in [2.05, 4.69) is 53.9 Å². The highest BCUT2D eigenvalue weighted by Crippen LogP contribution is 2.35. The molecule has 0 radical (unpaired) electrons. The number of carbonyl (C=O) groups is 1. The average Bonchev–Trinajstić information content (AvgIpc) is 3.29. The van der Waals surface area contributed by atoms with Crippen molar-refractivity contribution in [3.63, 3.8) is 0 Å². The minimum absolute atomic E-state index is 0.293. The highest BCUT2D eigenvalue weighted by molar-refractivity contribution is 5.94. The average molecular weight is 440 g/mol. The monoisotopic (exact) mass is 439 g/mol. The number of hydrogen-bond donors (Lipinski definition) is 2. The first-order valence-corrected chi connectivity index (χ1v) is 11.3. The molecule has 4 rings (SSSR count). The van der Waals surface area contributed by atoms with Gasteiger partial charge in [0.2, 0.25) is 0 Å². The van der Waals surface area contributed by atoms with Crippen LogP contribution in [0, 0.1) is 0 Å². The molecule has 0 heterocycles. The molecule has 2 N–H and O–H groups in total. The highest BCUT2D eigenvalue weighted by Gasteiger charge is 2.17. The van der Waals surface area contributed by atoms with Gasteiger partial charge in [-0.05, 0) is 59.4 Å². The number of nitrogens with one attached hydrogen (secondary N) is 1. The van der Waals surface area contributed by atoms with Crippen molar-refractivity contribution in [2.75, 3.05) is 13.2 Å². The molecule has 4 heteroatoms. The van der Waals surface area contributed by atoms with Gasteiger partial charge in [-0.1, -0.05) is 78.9 Å². The second kappa shape index (κ2) is 11.4. The van der Waals surface area contributed by atoms with E-state index in [0.29, 0.717) is 6.61 Å². The van der Waals surface area contributed by atoms with E-state index in [1.807, 2.05) is 30.3 Å². The third-order valence-corrected chi connectivity index (χ3v) is 5.77. The number of carbonyl (C=O) groups excluding carboxylic acids is 1. The van der Waals surface area contributed by atoms with Crippen molar-refractivity contribution in [1.82, 2.24) is 5.32 Å². The maximum atomic E-state index is 11.2. The Morgan fingerprint density at radius 2 is 1.79 bits per heavy atom. The Hall–Kier alpha value is -3.47. The maximum absolute atomic E-state index is 11.2. The molecule has 3 aromatic rings. The molecule has 4 nitrogen and oxygen atoms in total. The standard InChI is InChI=1S/C29H29NO3/c31-20-26(32)15-13-22-9-11-23(12-10-22)19-30-18-17-25-14-16-28-27(25)7-4-8-29(28)33-21-24-5-2-1-3-6-24/h1-15,30-31H,16-21H2/b15-13+. The Morgan fingerprint density at radius 1 is 0.970 bits per heavy atom. The smallest absolute Gasteiger partial charge is 0.181 e. The van der Waals surface area contributed by atoms with Crippen LogP contribution in [0.3, 0.4) is 0 Å². The molecule has 0 aliphatic heterocycles. The summed E-state index contributed by atoms with van der Waals surface area (Å²) in [5, 5.41) is 12.3. The summed E-state index contributed by atoms with van der Waals surface area (Å²) in [5.41, 5.74) is 7.27. The zero-order valence-electron chi connectivity index (χ0n) is 18.7. The molecule has 33 heavy (non-hydrogen) atoms. The molecule has 168 valence electrons. The number of hydrogen-bond acceptors (Lipinski definition) is 4.